The summed E-state index contributed by atoms with van der Waals surface area (Å²) in [4.78, 5) is 13.4. The zero-order valence-corrected chi connectivity index (χ0v) is 8.67. The van der Waals surface area contributed by atoms with Gasteiger partial charge in [0.25, 0.3) is 0 Å². The van der Waals surface area contributed by atoms with Gasteiger partial charge in [0.2, 0.25) is 6.54 Å². The highest BCUT2D eigenvalue weighted by Crippen LogP contribution is 2.23. The molecule has 0 bridgehead atoms. The van der Waals surface area contributed by atoms with Crippen LogP contribution in [0.5, 0.6) is 0 Å². The van der Waals surface area contributed by atoms with Gasteiger partial charge >= 0.3 is 0 Å². The summed E-state index contributed by atoms with van der Waals surface area (Å²) >= 11 is 0. The average Bonchev–Trinajstić information content (AvgIpc) is 2.80. The SMILES string of the molecule is O=[N+]([O-])CC(c1ccccc1)c1ccc[nH]1. The molecule has 0 saturated heterocycles. The van der Waals surface area contributed by atoms with Crippen LogP contribution in [0.3, 0.4) is 0 Å². The maximum Gasteiger partial charge on any atom is 0.216 e. The Balaban J connectivity index is 2.32. The summed E-state index contributed by atoms with van der Waals surface area (Å²) < 4.78 is 0. The standard InChI is InChI=1S/C12H12N2O2/c15-14(16)9-11(12-7-4-8-13-12)10-5-2-1-3-6-10/h1-8,11,13H,9H2. The van der Waals surface area contributed by atoms with Gasteiger partial charge in [-0.1, -0.05) is 30.3 Å². The Hall–Kier alpha value is -2.10. The maximum atomic E-state index is 10.7. The normalized spacial score (nSPS) is 12.2. The van der Waals surface area contributed by atoms with Crippen LogP contribution in [0.2, 0.25) is 0 Å². The highest BCUT2D eigenvalue weighted by atomic mass is 16.6. The molecule has 2 rings (SSSR count). The minimum atomic E-state index is -0.279. The topological polar surface area (TPSA) is 58.9 Å². The molecule has 0 amide bonds. The summed E-state index contributed by atoms with van der Waals surface area (Å²) in [5.74, 6) is -0.203. The summed E-state index contributed by atoms with van der Waals surface area (Å²) in [6.45, 7) is -0.0927. The molecule has 0 fully saturated rings. The van der Waals surface area contributed by atoms with Crippen molar-refractivity contribution in [2.45, 2.75) is 5.92 Å². The number of aromatic nitrogens is 1. The number of nitro groups is 1. The van der Waals surface area contributed by atoms with Gasteiger partial charge in [-0.15, -0.1) is 0 Å². The van der Waals surface area contributed by atoms with Crippen molar-refractivity contribution in [2.24, 2.45) is 0 Å². The number of H-pyrrole nitrogens is 1. The molecule has 4 nitrogen and oxygen atoms in total. The molecule has 2 aromatic rings. The first-order valence-electron chi connectivity index (χ1n) is 5.07. The highest BCUT2D eigenvalue weighted by molar-refractivity contribution is 5.28. The summed E-state index contributed by atoms with van der Waals surface area (Å²) in [6, 6.07) is 13.2. The van der Waals surface area contributed by atoms with Crippen LogP contribution in [0.25, 0.3) is 0 Å². The molecule has 1 unspecified atom stereocenters. The van der Waals surface area contributed by atoms with Crippen molar-refractivity contribution < 1.29 is 4.92 Å². The van der Waals surface area contributed by atoms with Crippen molar-refractivity contribution in [3.05, 3.63) is 70.0 Å². The van der Waals surface area contributed by atoms with Crippen LogP contribution < -0.4 is 0 Å². The van der Waals surface area contributed by atoms with Gasteiger partial charge in [0.1, 0.15) is 0 Å². The van der Waals surface area contributed by atoms with E-state index in [0.29, 0.717) is 0 Å². The molecule has 0 spiro atoms. The Labute approximate surface area is 93.1 Å². The second-order valence-electron chi connectivity index (χ2n) is 3.60. The van der Waals surface area contributed by atoms with E-state index in [0.717, 1.165) is 11.3 Å². The molecule has 0 aliphatic rings. The van der Waals surface area contributed by atoms with Crippen LogP contribution in [0.1, 0.15) is 17.2 Å². The van der Waals surface area contributed by atoms with Gasteiger partial charge < -0.3 is 4.98 Å². The zero-order chi connectivity index (χ0) is 11.4. The molecule has 4 heteroatoms. The molecule has 0 aliphatic carbocycles. The summed E-state index contributed by atoms with van der Waals surface area (Å²) in [5, 5.41) is 10.7. The largest absolute Gasteiger partial charge is 0.364 e. The Morgan fingerprint density at radius 3 is 2.50 bits per heavy atom. The molecular formula is C12H12N2O2. The molecule has 1 N–H and O–H groups in total. The first kappa shape index (κ1) is 10.4. The van der Waals surface area contributed by atoms with E-state index in [9.17, 15) is 10.1 Å². The van der Waals surface area contributed by atoms with Gasteiger partial charge in [-0.3, -0.25) is 10.1 Å². The monoisotopic (exact) mass is 216 g/mol. The predicted octanol–water partition coefficient (Wildman–Crippen LogP) is 2.42. The van der Waals surface area contributed by atoms with Gasteiger partial charge in [0.15, 0.2) is 0 Å². The molecule has 0 radical (unpaired) electrons. The lowest BCUT2D eigenvalue weighted by molar-refractivity contribution is -0.481. The fourth-order valence-corrected chi connectivity index (χ4v) is 1.78. The lowest BCUT2D eigenvalue weighted by Crippen LogP contribution is -2.14. The number of hydrogen-bond donors (Lipinski definition) is 1. The third-order valence-corrected chi connectivity index (χ3v) is 2.53. The van der Waals surface area contributed by atoms with E-state index in [1.54, 1.807) is 6.20 Å². The fraction of sp³-hybridized carbons (Fsp3) is 0.167. The van der Waals surface area contributed by atoms with Crippen LogP contribution in [0.4, 0.5) is 0 Å². The second-order valence-corrected chi connectivity index (χ2v) is 3.60. The van der Waals surface area contributed by atoms with Gasteiger partial charge in [-0.2, -0.15) is 0 Å². The van der Waals surface area contributed by atoms with E-state index in [1.165, 1.54) is 0 Å². The van der Waals surface area contributed by atoms with Crippen LogP contribution in [0.15, 0.2) is 48.7 Å². The minimum Gasteiger partial charge on any atom is -0.364 e. The van der Waals surface area contributed by atoms with Crippen molar-refractivity contribution in [3.8, 4) is 0 Å². The fourth-order valence-electron chi connectivity index (χ4n) is 1.78. The highest BCUT2D eigenvalue weighted by Gasteiger charge is 2.20. The smallest absolute Gasteiger partial charge is 0.216 e. The molecule has 0 aliphatic heterocycles. The average molecular weight is 216 g/mol. The zero-order valence-electron chi connectivity index (χ0n) is 8.67. The Kier molecular flexibility index (Phi) is 3.00. The molecule has 1 aromatic carbocycles. The number of hydrogen-bond acceptors (Lipinski definition) is 2. The van der Waals surface area contributed by atoms with Crippen molar-refractivity contribution >= 4 is 0 Å². The molecular weight excluding hydrogens is 204 g/mol. The molecule has 16 heavy (non-hydrogen) atoms. The summed E-state index contributed by atoms with van der Waals surface area (Å²) in [5.41, 5.74) is 1.84. The van der Waals surface area contributed by atoms with Crippen molar-refractivity contribution in [1.82, 2.24) is 4.98 Å². The van der Waals surface area contributed by atoms with E-state index in [-0.39, 0.29) is 17.4 Å². The maximum absolute atomic E-state index is 10.7. The molecule has 0 saturated carbocycles. The van der Waals surface area contributed by atoms with Crippen molar-refractivity contribution in [3.63, 3.8) is 0 Å². The molecule has 1 aromatic heterocycles. The lowest BCUT2D eigenvalue weighted by Gasteiger charge is -2.11. The van der Waals surface area contributed by atoms with Crippen molar-refractivity contribution in [1.29, 1.82) is 0 Å². The summed E-state index contributed by atoms with van der Waals surface area (Å²) in [6.07, 6.45) is 1.78. The summed E-state index contributed by atoms with van der Waals surface area (Å²) in [7, 11) is 0. The van der Waals surface area contributed by atoms with E-state index < -0.39 is 0 Å². The van der Waals surface area contributed by atoms with Crippen LogP contribution in [0, 0.1) is 10.1 Å². The van der Waals surface area contributed by atoms with Crippen molar-refractivity contribution in [2.75, 3.05) is 6.54 Å². The third kappa shape index (κ3) is 2.28. The molecule has 1 heterocycles. The number of nitrogens with zero attached hydrogens (tertiary/aromatic N) is 1. The van der Waals surface area contributed by atoms with Crippen LogP contribution >= 0.6 is 0 Å². The Bertz CT molecular complexity index is 451. The predicted molar refractivity (Wildman–Crippen MR) is 60.9 cm³/mol. The Morgan fingerprint density at radius 1 is 1.19 bits per heavy atom. The van der Waals surface area contributed by atoms with Crippen LogP contribution in [-0.4, -0.2) is 16.5 Å². The number of nitrogens with one attached hydrogen (secondary N) is 1. The van der Waals surface area contributed by atoms with Gasteiger partial charge in [-0.05, 0) is 17.7 Å². The lowest BCUT2D eigenvalue weighted by atomic mass is 9.96. The molecule has 82 valence electrons. The van der Waals surface area contributed by atoms with E-state index in [1.807, 2.05) is 42.5 Å². The molecule has 1 atom stereocenters. The van der Waals surface area contributed by atoms with Gasteiger partial charge in [0.05, 0.1) is 5.92 Å². The number of rotatable bonds is 4. The first-order valence-corrected chi connectivity index (χ1v) is 5.07. The Morgan fingerprint density at radius 2 is 1.94 bits per heavy atom. The van der Waals surface area contributed by atoms with E-state index in [4.69, 9.17) is 0 Å². The van der Waals surface area contributed by atoms with Crippen LogP contribution in [-0.2, 0) is 0 Å². The number of benzene rings is 1. The second kappa shape index (κ2) is 4.61. The minimum absolute atomic E-state index is 0.0927. The third-order valence-electron chi connectivity index (χ3n) is 2.53. The quantitative estimate of drug-likeness (QED) is 0.630. The van der Waals surface area contributed by atoms with Gasteiger partial charge in [0, 0.05) is 16.8 Å². The van der Waals surface area contributed by atoms with E-state index in [2.05, 4.69) is 4.98 Å². The first-order chi connectivity index (χ1) is 7.77. The van der Waals surface area contributed by atoms with Gasteiger partial charge in [-0.25, -0.2) is 0 Å². The number of aromatic amines is 1. The van der Waals surface area contributed by atoms with E-state index >= 15 is 0 Å².